The Morgan fingerprint density at radius 2 is 0.987 bits per heavy atom. The van der Waals surface area contributed by atoms with Crippen LogP contribution in [0.2, 0.25) is 0 Å². The Bertz CT molecular complexity index is 3030. The molecule has 4 aromatic carbocycles. The summed E-state index contributed by atoms with van der Waals surface area (Å²) in [6, 6.07) is 32.0. The predicted octanol–water partition coefficient (Wildman–Crippen LogP) is 8.56. The molecule has 0 bridgehead atoms. The number of hydrogen-bond donors (Lipinski definition) is 6. The van der Waals surface area contributed by atoms with Crippen molar-refractivity contribution in [2.75, 3.05) is 78.3 Å². The average molecular weight is 1060 g/mol. The minimum atomic E-state index is -0.375. The van der Waals surface area contributed by atoms with Gasteiger partial charge in [-0.15, -0.1) is 0 Å². The summed E-state index contributed by atoms with van der Waals surface area (Å²) in [5.41, 5.74) is 9.84. The van der Waals surface area contributed by atoms with Gasteiger partial charge in [0.2, 0.25) is 34.0 Å². The lowest BCUT2D eigenvalue weighted by atomic mass is 10.0. The Morgan fingerprint density at radius 3 is 1.49 bits per heavy atom. The summed E-state index contributed by atoms with van der Waals surface area (Å²) in [4.78, 5) is 61.5. The number of hydrogen-bond acceptors (Lipinski definition) is 9. The molecule has 414 valence electrons. The maximum Gasteiger partial charge on any atom is 0.289 e. The largest absolute Gasteiger partial charge is 0.377 e. The molecule has 0 saturated heterocycles. The highest BCUT2D eigenvalue weighted by Gasteiger charge is 2.32. The standard InChI is InChI=1S/C63H83N11O4/c1-8-9-19-55(74-58-34-45(41-64-2)21-23-49(58)37-50-24-22-46(42-65-3)35-59(50)74)63(78)70-32-17-12-16-31-69-62(77)52-38-51(43-66-44-52)61(76)68-30-15-11-14-29-67-60(75)20-13-10-18-33-73-56-39-53(71(4)5)27-25-47(56)36-48-26-28-54(72(6)7)40-57(48)73/h21-28,34-40,43-44,55,64-65H,8-20,29-33,41-42H2,1-7H3,(H2-2,67,68,69,70,75,76,77,78)/p+2. The van der Waals surface area contributed by atoms with E-state index in [4.69, 9.17) is 0 Å². The number of unbranched alkanes of at least 4 members (excludes halogenated alkanes) is 7. The van der Waals surface area contributed by atoms with E-state index in [0.29, 0.717) is 43.7 Å². The lowest BCUT2D eigenvalue weighted by Gasteiger charge is -2.17. The van der Waals surface area contributed by atoms with Crippen LogP contribution in [0.3, 0.4) is 0 Å². The molecule has 78 heavy (non-hydrogen) atoms. The van der Waals surface area contributed by atoms with Crippen LogP contribution in [0, 0.1) is 0 Å². The van der Waals surface area contributed by atoms with Gasteiger partial charge in [-0.25, -0.2) is 0 Å². The highest BCUT2D eigenvalue weighted by atomic mass is 16.2. The monoisotopic (exact) mass is 1060 g/mol. The highest BCUT2D eigenvalue weighted by Crippen LogP contribution is 2.27. The number of aryl methyl sites for hydroxylation is 1. The molecule has 3 heterocycles. The minimum absolute atomic E-state index is 0.0174. The van der Waals surface area contributed by atoms with Gasteiger partial charge < -0.3 is 41.7 Å². The van der Waals surface area contributed by atoms with Crippen LogP contribution in [0.25, 0.3) is 43.6 Å². The highest BCUT2D eigenvalue weighted by molar-refractivity contribution is 5.99. The first-order chi connectivity index (χ1) is 37.9. The molecule has 0 aliphatic heterocycles. The number of anilines is 2. The number of rotatable bonds is 31. The van der Waals surface area contributed by atoms with Crippen molar-refractivity contribution in [3.63, 3.8) is 0 Å². The van der Waals surface area contributed by atoms with Crippen LogP contribution < -0.4 is 50.8 Å². The molecule has 6 N–H and O–H groups in total. The summed E-state index contributed by atoms with van der Waals surface area (Å²) in [5.74, 6) is -0.472. The van der Waals surface area contributed by atoms with Gasteiger partial charge in [0.1, 0.15) is 6.54 Å². The molecule has 1 atom stereocenters. The zero-order chi connectivity index (χ0) is 55.4. The molecule has 15 heteroatoms. The number of benzene rings is 4. The van der Waals surface area contributed by atoms with E-state index in [0.717, 1.165) is 130 Å². The molecule has 7 aromatic rings. The van der Waals surface area contributed by atoms with Gasteiger partial charge in [0.05, 0.1) is 11.1 Å². The molecule has 3 aromatic heterocycles. The van der Waals surface area contributed by atoms with Crippen molar-refractivity contribution in [2.45, 2.75) is 116 Å². The fourth-order valence-corrected chi connectivity index (χ4v) is 10.3. The van der Waals surface area contributed by atoms with Crippen molar-refractivity contribution in [1.82, 2.24) is 36.9 Å². The van der Waals surface area contributed by atoms with Crippen LogP contribution in [-0.2, 0) is 29.2 Å². The maximum atomic E-state index is 14.2. The Kier molecular flexibility index (Phi) is 22.1. The second-order valence-electron chi connectivity index (χ2n) is 21.1. The third-order valence-corrected chi connectivity index (χ3v) is 14.6. The summed E-state index contributed by atoms with van der Waals surface area (Å²) in [6.45, 7) is 6.58. The lowest BCUT2D eigenvalue weighted by molar-refractivity contribution is -0.660. The van der Waals surface area contributed by atoms with Crippen LogP contribution in [0.1, 0.15) is 128 Å². The first-order valence-electron chi connectivity index (χ1n) is 28.4. The summed E-state index contributed by atoms with van der Waals surface area (Å²) in [7, 11) is 12.2. The van der Waals surface area contributed by atoms with E-state index in [1.165, 1.54) is 45.6 Å². The first-order valence-corrected chi connectivity index (χ1v) is 28.4. The number of carbonyl (C=O) groups is 4. The van der Waals surface area contributed by atoms with Crippen LogP contribution in [-0.4, -0.2) is 97.1 Å². The SMILES string of the molecule is CCCCC(C(=O)NCCCCCNC(=O)c1cncc(C(=O)NCCCCCNC(=O)CCCCC[n+]2c3cc(N(C)C)ccc3cc3ccc(N(C)C)cc32)c1)[n+]1c2cc(CNC)ccc2cc2ccc(CNC)cc21. The molecule has 15 nitrogen and oxygen atoms in total. The summed E-state index contributed by atoms with van der Waals surface area (Å²) >= 11 is 0. The summed E-state index contributed by atoms with van der Waals surface area (Å²) in [6.07, 6.45) is 13.6. The Labute approximate surface area is 461 Å². The van der Waals surface area contributed by atoms with Crippen LogP contribution in [0.5, 0.6) is 0 Å². The molecule has 0 aliphatic carbocycles. The number of carbonyl (C=O) groups excluding carboxylic acids is 4. The van der Waals surface area contributed by atoms with E-state index in [-0.39, 0.29) is 29.7 Å². The van der Waals surface area contributed by atoms with Gasteiger partial charge in [0, 0.05) is 156 Å². The zero-order valence-corrected chi connectivity index (χ0v) is 47.4. The van der Waals surface area contributed by atoms with E-state index in [1.807, 2.05) is 14.1 Å². The van der Waals surface area contributed by atoms with Crippen molar-refractivity contribution >= 4 is 78.6 Å². The van der Waals surface area contributed by atoms with Gasteiger partial charge in [0.15, 0.2) is 0 Å². The fourth-order valence-electron chi connectivity index (χ4n) is 10.3. The zero-order valence-electron chi connectivity index (χ0n) is 47.4. The van der Waals surface area contributed by atoms with E-state index in [9.17, 15) is 19.2 Å². The quantitative estimate of drug-likeness (QED) is 0.0142. The number of fused-ring (bicyclic) bond motifs is 4. The number of amides is 4. The molecule has 4 amide bonds. The summed E-state index contributed by atoms with van der Waals surface area (Å²) < 4.78 is 4.70. The molecule has 7 rings (SSSR count). The van der Waals surface area contributed by atoms with Crippen molar-refractivity contribution in [1.29, 1.82) is 0 Å². The normalized spacial score (nSPS) is 11.8. The third kappa shape index (κ3) is 15.9. The molecule has 1 unspecified atom stereocenters. The van der Waals surface area contributed by atoms with Gasteiger partial charge in [0.25, 0.3) is 17.7 Å². The molecule has 0 spiro atoms. The van der Waals surface area contributed by atoms with Gasteiger partial charge in [-0.1, -0.05) is 25.5 Å². The molecule has 0 aliphatic rings. The van der Waals surface area contributed by atoms with Crippen molar-refractivity contribution < 1.29 is 28.3 Å². The Balaban J connectivity index is 0.778. The van der Waals surface area contributed by atoms with E-state index in [1.54, 1.807) is 6.07 Å². The second-order valence-corrected chi connectivity index (χ2v) is 21.1. The van der Waals surface area contributed by atoms with Crippen LogP contribution >= 0.6 is 0 Å². The Hall–Kier alpha value is -7.23. The van der Waals surface area contributed by atoms with E-state index in [2.05, 4.69) is 176 Å². The van der Waals surface area contributed by atoms with Crippen molar-refractivity contribution in [2.24, 2.45) is 0 Å². The van der Waals surface area contributed by atoms with Gasteiger partial charge in [-0.05, 0) is 138 Å². The first kappa shape index (κ1) is 58.5. The van der Waals surface area contributed by atoms with Crippen molar-refractivity contribution in [3.05, 3.63) is 126 Å². The third-order valence-electron chi connectivity index (χ3n) is 14.6. The number of nitrogens with one attached hydrogen (secondary N) is 6. The molecular formula is C63H85N11O4+2. The van der Waals surface area contributed by atoms with Crippen LogP contribution in [0.4, 0.5) is 11.4 Å². The fraction of sp³-hybridized carbons (Fsp3) is 0.444. The number of aromatic nitrogens is 3. The smallest absolute Gasteiger partial charge is 0.289 e. The van der Waals surface area contributed by atoms with E-state index >= 15 is 0 Å². The average Bonchev–Trinajstić information content (AvgIpc) is 3.56. The number of pyridine rings is 3. The Morgan fingerprint density at radius 1 is 0.513 bits per heavy atom. The lowest BCUT2D eigenvalue weighted by Crippen LogP contribution is -2.49. The van der Waals surface area contributed by atoms with E-state index < -0.39 is 0 Å². The molecular weight excluding hydrogens is 975 g/mol. The van der Waals surface area contributed by atoms with Crippen molar-refractivity contribution in [3.8, 4) is 0 Å². The number of nitrogens with zero attached hydrogens (tertiary/aromatic N) is 5. The van der Waals surface area contributed by atoms with Gasteiger partial charge in [-0.3, -0.25) is 24.2 Å². The topological polar surface area (TPSA) is 168 Å². The minimum Gasteiger partial charge on any atom is -0.377 e. The summed E-state index contributed by atoms with van der Waals surface area (Å²) in [5, 5.41) is 23.4. The predicted molar refractivity (Wildman–Crippen MR) is 317 cm³/mol. The molecule has 0 fully saturated rings. The van der Waals surface area contributed by atoms with Gasteiger partial charge in [-0.2, -0.15) is 9.13 Å². The second kappa shape index (κ2) is 29.5. The van der Waals surface area contributed by atoms with Gasteiger partial charge >= 0.3 is 0 Å². The molecule has 0 saturated carbocycles. The molecule has 0 radical (unpaired) electrons. The van der Waals surface area contributed by atoms with Crippen LogP contribution in [0.15, 0.2) is 103 Å². The maximum absolute atomic E-state index is 14.2.